The molecular weight excluding hydrogens is 206 g/mol. The van der Waals surface area contributed by atoms with Crippen molar-refractivity contribution >= 4 is 11.9 Å². The zero-order valence-electron chi connectivity index (χ0n) is 10.3. The molecule has 0 saturated carbocycles. The van der Waals surface area contributed by atoms with E-state index in [1.165, 1.54) is 0 Å². The summed E-state index contributed by atoms with van der Waals surface area (Å²) in [6, 6.07) is 0. The molecule has 0 fully saturated rings. The van der Waals surface area contributed by atoms with Crippen LogP contribution in [0.2, 0.25) is 0 Å². The highest BCUT2D eigenvalue weighted by molar-refractivity contribution is 5.80. The van der Waals surface area contributed by atoms with Crippen molar-refractivity contribution in [2.24, 2.45) is 5.41 Å². The van der Waals surface area contributed by atoms with Crippen molar-refractivity contribution in [3.8, 4) is 12.3 Å². The number of aliphatic carboxylic acids is 1. The van der Waals surface area contributed by atoms with Gasteiger partial charge in [0.15, 0.2) is 0 Å². The number of carboxylic acid groups (broad SMARTS) is 1. The molecule has 0 aliphatic heterocycles. The Morgan fingerprint density at radius 2 is 1.81 bits per heavy atom. The first-order chi connectivity index (χ1) is 7.15. The number of carboxylic acids is 1. The molecule has 0 radical (unpaired) electrons. The number of hydrogen-bond donors (Lipinski definition) is 2. The van der Waals surface area contributed by atoms with Crippen molar-refractivity contribution < 1.29 is 14.7 Å². The van der Waals surface area contributed by atoms with Gasteiger partial charge in [-0.15, -0.1) is 12.3 Å². The lowest BCUT2D eigenvalue weighted by atomic mass is 9.74. The average molecular weight is 225 g/mol. The van der Waals surface area contributed by atoms with Crippen LogP contribution in [0.25, 0.3) is 0 Å². The van der Waals surface area contributed by atoms with Crippen molar-refractivity contribution in [1.82, 2.24) is 5.32 Å². The molecule has 90 valence electrons. The Labute approximate surface area is 96.4 Å². The second-order valence-electron chi connectivity index (χ2n) is 4.81. The van der Waals surface area contributed by atoms with E-state index < -0.39 is 16.9 Å². The maximum Gasteiger partial charge on any atom is 0.311 e. The van der Waals surface area contributed by atoms with Gasteiger partial charge >= 0.3 is 5.97 Å². The predicted molar refractivity (Wildman–Crippen MR) is 61.7 cm³/mol. The molecule has 1 amide bonds. The van der Waals surface area contributed by atoms with Gasteiger partial charge in [-0.1, -0.05) is 0 Å². The fourth-order valence-corrected chi connectivity index (χ4v) is 1.02. The fourth-order valence-electron chi connectivity index (χ4n) is 1.02. The first kappa shape index (κ1) is 14.5. The molecule has 0 spiro atoms. The molecule has 4 nitrogen and oxygen atoms in total. The highest BCUT2D eigenvalue weighted by Crippen LogP contribution is 2.30. The third-order valence-corrected chi connectivity index (χ3v) is 3.05. The molecule has 0 atom stereocenters. The number of rotatable bonds is 5. The summed E-state index contributed by atoms with van der Waals surface area (Å²) in [5.41, 5.74) is -1.87. The number of nitrogens with one attached hydrogen (secondary N) is 1. The zero-order valence-corrected chi connectivity index (χ0v) is 10.3. The van der Waals surface area contributed by atoms with Crippen LogP contribution < -0.4 is 5.32 Å². The third kappa shape index (κ3) is 3.27. The standard InChI is InChI=1S/C12H19NO3/c1-6-7-8-9(14)13-12(4,5)11(2,3)10(15)16/h1H,7-8H2,2-5H3,(H,13,14)(H,15,16). The third-order valence-electron chi connectivity index (χ3n) is 3.05. The van der Waals surface area contributed by atoms with E-state index in [1.807, 2.05) is 0 Å². The molecule has 0 saturated heterocycles. The molecule has 0 aromatic carbocycles. The van der Waals surface area contributed by atoms with Crippen molar-refractivity contribution in [3.63, 3.8) is 0 Å². The summed E-state index contributed by atoms with van der Waals surface area (Å²) in [5.74, 6) is 1.19. The van der Waals surface area contributed by atoms with Gasteiger partial charge in [-0.25, -0.2) is 0 Å². The number of carbonyl (C=O) groups is 2. The molecule has 0 aliphatic carbocycles. The van der Waals surface area contributed by atoms with Gasteiger partial charge in [-0.2, -0.15) is 0 Å². The predicted octanol–water partition coefficient (Wildman–Crippen LogP) is 1.41. The second-order valence-corrected chi connectivity index (χ2v) is 4.81. The second kappa shape index (κ2) is 5.02. The van der Waals surface area contributed by atoms with Gasteiger partial charge < -0.3 is 10.4 Å². The Bertz CT molecular complexity index is 324. The van der Waals surface area contributed by atoms with Crippen molar-refractivity contribution in [2.75, 3.05) is 0 Å². The number of hydrogen-bond acceptors (Lipinski definition) is 2. The molecule has 0 aromatic heterocycles. The van der Waals surface area contributed by atoms with Gasteiger partial charge in [0.2, 0.25) is 5.91 Å². The Morgan fingerprint density at radius 3 is 2.19 bits per heavy atom. The van der Waals surface area contributed by atoms with Gasteiger partial charge in [-0.3, -0.25) is 9.59 Å². The topological polar surface area (TPSA) is 66.4 Å². The van der Waals surface area contributed by atoms with E-state index in [9.17, 15) is 9.59 Å². The largest absolute Gasteiger partial charge is 0.481 e. The summed E-state index contributed by atoms with van der Waals surface area (Å²) in [5, 5.41) is 11.8. The summed E-state index contributed by atoms with van der Waals surface area (Å²) in [7, 11) is 0. The molecule has 0 rings (SSSR count). The first-order valence-electron chi connectivity index (χ1n) is 5.13. The Hall–Kier alpha value is -1.50. The number of terminal acetylenes is 1. The van der Waals surface area contributed by atoms with Crippen LogP contribution in [-0.4, -0.2) is 22.5 Å². The summed E-state index contributed by atoms with van der Waals surface area (Å²) < 4.78 is 0. The Balaban J connectivity index is 4.64. The molecular formula is C12H19NO3. The molecule has 4 heteroatoms. The normalized spacial score (nSPS) is 11.7. The van der Waals surface area contributed by atoms with Gasteiger partial charge in [0.25, 0.3) is 0 Å². The zero-order chi connectivity index (χ0) is 13.0. The quantitative estimate of drug-likeness (QED) is 0.695. The van der Waals surface area contributed by atoms with E-state index in [1.54, 1.807) is 27.7 Å². The smallest absolute Gasteiger partial charge is 0.311 e. The van der Waals surface area contributed by atoms with E-state index in [0.29, 0.717) is 6.42 Å². The molecule has 0 aliphatic rings. The van der Waals surface area contributed by atoms with Crippen molar-refractivity contribution in [2.45, 2.75) is 46.1 Å². The monoisotopic (exact) mass is 225 g/mol. The summed E-state index contributed by atoms with van der Waals surface area (Å²) >= 11 is 0. The lowest BCUT2D eigenvalue weighted by Crippen LogP contribution is -2.56. The van der Waals surface area contributed by atoms with Crippen molar-refractivity contribution in [1.29, 1.82) is 0 Å². The van der Waals surface area contributed by atoms with Crippen LogP contribution in [-0.2, 0) is 9.59 Å². The highest BCUT2D eigenvalue weighted by atomic mass is 16.4. The first-order valence-corrected chi connectivity index (χ1v) is 5.13. The number of carbonyl (C=O) groups excluding carboxylic acids is 1. The van der Waals surface area contributed by atoms with Crippen LogP contribution in [0.4, 0.5) is 0 Å². The van der Waals surface area contributed by atoms with E-state index in [-0.39, 0.29) is 12.3 Å². The summed E-state index contributed by atoms with van der Waals surface area (Å²) in [4.78, 5) is 22.6. The van der Waals surface area contributed by atoms with Crippen LogP contribution in [0.3, 0.4) is 0 Å². The van der Waals surface area contributed by atoms with Gasteiger partial charge in [-0.05, 0) is 27.7 Å². The summed E-state index contributed by atoms with van der Waals surface area (Å²) in [6.07, 6.45) is 5.62. The highest BCUT2D eigenvalue weighted by Gasteiger charge is 2.44. The minimum absolute atomic E-state index is 0.218. The van der Waals surface area contributed by atoms with E-state index >= 15 is 0 Å². The molecule has 0 unspecified atom stereocenters. The molecule has 2 N–H and O–H groups in total. The van der Waals surface area contributed by atoms with E-state index in [0.717, 1.165) is 0 Å². The van der Waals surface area contributed by atoms with Crippen LogP contribution in [0.5, 0.6) is 0 Å². The van der Waals surface area contributed by atoms with Gasteiger partial charge in [0.05, 0.1) is 5.41 Å². The molecule has 16 heavy (non-hydrogen) atoms. The van der Waals surface area contributed by atoms with Crippen LogP contribution in [0, 0.1) is 17.8 Å². The van der Waals surface area contributed by atoms with Gasteiger partial charge in [0.1, 0.15) is 0 Å². The number of amides is 1. The van der Waals surface area contributed by atoms with Crippen LogP contribution in [0.15, 0.2) is 0 Å². The molecule has 0 aromatic rings. The van der Waals surface area contributed by atoms with Crippen molar-refractivity contribution in [3.05, 3.63) is 0 Å². The maximum absolute atomic E-state index is 11.5. The Kier molecular flexibility index (Phi) is 4.55. The lowest BCUT2D eigenvalue weighted by molar-refractivity contribution is -0.151. The fraction of sp³-hybridized carbons (Fsp3) is 0.667. The minimum Gasteiger partial charge on any atom is -0.481 e. The van der Waals surface area contributed by atoms with E-state index in [2.05, 4.69) is 11.2 Å². The van der Waals surface area contributed by atoms with Crippen LogP contribution >= 0.6 is 0 Å². The Morgan fingerprint density at radius 1 is 1.31 bits per heavy atom. The molecule has 0 heterocycles. The van der Waals surface area contributed by atoms with Crippen LogP contribution in [0.1, 0.15) is 40.5 Å². The average Bonchev–Trinajstić information content (AvgIpc) is 2.13. The minimum atomic E-state index is -1.04. The SMILES string of the molecule is C#CCCC(=O)NC(C)(C)C(C)(C)C(=O)O. The summed E-state index contributed by atoms with van der Waals surface area (Å²) in [6.45, 7) is 6.54. The molecule has 0 bridgehead atoms. The lowest BCUT2D eigenvalue weighted by Gasteiger charge is -2.38. The van der Waals surface area contributed by atoms with E-state index in [4.69, 9.17) is 11.5 Å². The maximum atomic E-state index is 11.5. The van der Waals surface area contributed by atoms with Gasteiger partial charge in [0, 0.05) is 18.4 Å².